The third kappa shape index (κ3) is 17.6. The zero-order valence-corrected chi connectivity index (χ0v) is 54.5. The zero-order chi connectivity index (χ0) is 64.0. The number of fused-ring (bicyclic) bond motifs is 3. The van der Waals surface area contributed by atoms with Gasteiger partial charge in [0.1, 0.15) is 18.0 Å². The van der Waals surface area contributed by atoms with E-state index in [4.69, 9.17) is 15.2 Å². The number of halogens is 11. The molecule has 514 valence electrons. The van der Waals surface area contributed by atoms with Crippen LogP contribution in [-0.4, -0.2) is 135 Å². The number of ketones is 1. The number of ether oxygens (including phenoxy) is 2. The Labute approximate surface area is 543 Å². The summed E-state index contributed by atoms with van der Waals surface area (Å²) in [7, 11) is 0. The van der Waals surface area contributed by atoms with Gasteiger partial charge in [-0.2, -0.15) is 39.5 Å². The molecule has 3 aliphatic heterocycles. The number of aromatic nitrogens is 5. The Balaban J connectivity index is 0.000000164. The summed E-state index contributed by atoms with van der Waals surface area (Å²) in [5, 5.41) is 14.2. The smallest absolute Gasteiger partial charge is 0.452 e. The highest BCUT2D eigenvalue weighted by Crippen LogP contribution is 2.61. The van der Waals surface area contributed by atoms with Crippen LogP contribution in [0.4, 0.5) is 44.3 Å². The second kappa shape index (κ2) is 28.5. The molecule has 3 saturated heterocycles. The molecule has 0 bridgehead atoms. The molecule has 0 spiro atoms. The Morgan fingerprint density at radius 3 is 1.29 bits per heavy atom. The van der Waals surface area contributed by atoms with Gasteiger partial charge in [-0.05, 0) is 191 Å². The molecule has 28 heteroatoms. The zero-order valence-electron chi connectivity index (χ0n) is 52.8. The summed E-state index contributed by atoms with van der Waals surface area (Å²) in [4.78, 5) is 39.5. The number of piperidine rings is 3. The van der Waals surface area contributed by atoms with Gasteiger partial charge in [-0.1, -0.05) is 28.3 Å². The number of hydrogen-bond donors (Lipinski definition) is 2. The number of alkyl halides is 9. The average molecular weight is 1350 g/mol. The standard InChI is InChI=1S/C25H31F3N4O3.C22H32F3N3O3.C17H24F3N3O.2ClH/c1-16-29-11-21(12-30-16)34-14-20(33)8-18-4-2-17(3-5-18)6-7-32-13-19-10-24(19,15-32)22-9-23(35-31-22)25(26,27)28;1-20(2,3)30-19(29)26-16-6-4-14(5-7-16)8-9-28-12-15-11-21(15,13-28)17-10-18(31-27-17)22(23,24)25;18-17(19,20)15-7-14(22-24-15)16-8-12(16)9-23(10-16)6-5-11-1-3-13(21)4-2-11;;/h9,11-12,17-19H,2-8,10,13-15H2,1H3;10,14-16H,4-9,11-13H2,1-3H3,(H,26,29);7,11-13H,1-6,8-10,21H2;2*1H/t17?,18?,19-,24-;14?,15-,16?,21-;11?,12-,13?,16-;;/m000../s1. The maximum atomic E-state index is 12.9. The highest BCUT2D eigenvalue weighted by Gasteiger charge is 2.65. The molecule has 92 heavy (non-hydrogen) atoms. The minimum Gasteiger partial charge on any atom is -0.483 e. The number of aryl methyl sites for hydroxylation is 1. The molecule has 3 N–H and O–H groups in total. The molecular formula is C64H89Cl2F9N10O7. The predicted molar refractivity (Wildman–Crippen MR) is 324 cm³/mol. The molecule has 6 atom stereocenters. The number of alkyl carbamates (subject to hydrolysis) is 1. The number of Topliss-reactive ketones (excluding diaryl/α,β-unsaturated/α-hetero) is 1. The summed E-state index contributed by atoms with van der Waals surface area (Å²) >= 11 is 0. The summed E-state index contributed by atoms with van der Waals surface area (Å²) in [5.41, 5.74) is 6.17. The van der Waals surface area contributed by atoms with E-state index in [0.29, 0.717) is 76.6 Å². The molecule has 0 unspecified atom stereocenters. The molecule has 1 amide bonds. The summed E-state index contributed by atoms with van der Waals surface area (Å²) in [6.07, 6.45) is 9.05. The minimum absolute atomic E-state index is 0. The van der Waals surface area contributed by atoms with E-state index in [1.165, 1.54) is 19.3 Å². The molecule has 4 aromatic rings. The number of carbonyl (C=O) groups is 2. The lowest BCUT2D eigenvalue weighted by atomic mass is 9.78. The maximum absolute atomic E-state index is 12.9. The van der Waals surface area contributed by atoms with Crippen molar-refractivity contribution in [1.82, 2.24) is 45.5 Å². The molecule has 9 aliphatic rings. The van der Waals surface area contributed by atoms with Crippen LogP contribution in [0.2, 0.25) is 0 Å². The number of hydrogen-bond acceptors (Lipinski definition) is 16. The SMILES string of the molecule is CC(C)(C)OC(=O)NC1CCC(CCN2C[C@@H]3C[C@]3(c3cc(C(F)(F)F)on3)C2)CC1.Cc1ncc(OCC(=O)CC2CCC(CCN3C[C@@H]4C[C@]4(c4cc(C(F)(F)F)on4)C3)CC2)cn1.Cl.Cl.NC1CCC(CCN2C[C@@H]3C[C@]3(c3cc(C(F)(F)F)on3)C2)CC1. The van der Waals surface area contributed by atoms with Gasteiger partial charge >= 0.3 is 24.6 Å². The van der Waals surface area contributed by atoms with E-state index in [-0.39, 0.29) is 65.6 Å². The fourth-order valence-corrected chi connectivity index (χ4v) is 15.8. The van der Waals surface area contributed by atoms with Crippen molar-refractivity contribution in [1.29, 1.82) is 0 Å². The highest BCUT2D eigenvalue weighted by atomic mass is 35.5. The number of rotatable bonds is 18. The van der Waals surface area contributed by atoms with Gasteiger partial charge in [-0.15, -0.1) is 24.8 Å². The van der Waals surface area contributed by atoms with E-state index in [0.717, 1.165) is 179 Å². The third-order valence-corrected chi connectivity index (χ3v) is 21.2. The Kier molecular flexibility index (Phi) is 22.2. The van der Waals surface area contributed by atoms with Crippen molar-refractivity contribution >= 4 is 36.7 Å². The normalized spacial score (nSPS) is 31.0. The summed E-state index contributed by atoms with van der Waals surface area (Å²) < 4.78 is 140. The first-order chi connectivity index (χ1) is 42.5. The molecule has 0 radical (unpaired) electrons. The van der Waals surface area contributed by atoms with Crippen LogP contribution in [0, 0.1) is 48.3 Å². The van der Waals surface area contributed by atoms with Crippen molar-refractivity contribution in [3.05, 3.63) is 70.8 Å². The fourth-order valence-electron chi connectivity index (χ4n) is 15.8. The molecule has 6 aliphatic carbocycles. The van der Waals surface area contributed by atoms with Crippen LogP contribution < -0.4 is 15.8 Å². The maximum Gasteiger partial charge on any atom is 0.452 e. The summed E-state index contributed by atoms with van der Waals surface area (Å²) in [5.74, 6) is 1.92. The largest absolute Gasteiger partial charge is 0.483 e. The number of nitrogens with two attached hydrogens (primary N) is 1. The van der Waals surface area contributed by atoms with Crippen molar-refractivity contribution in [3.8, 4) is 5.75 Å². The molecule has 4 aromatic heterocycles. The first kappa shape index (κ1) is 71.5. The van der Waals surface area contributed by atoms with Gasteiger partial charge in [0.15, 0.2) is 11.5 Å². The van der Waals surface area contributed by atoms with Gasteiger partial charge in [-0.25, -0.2) is 14.8 Å². The van der Waals surface area contributed by atoms with Crippen LogP contribution in [0.15, 0.2) is 44.2 Å². The molecular weight excluding hydrogens is 1260 g/mol. The van der Waals surface area contributed by atoms with Crippen LogP contribution in [0.3, 0.4) is 0 Å². The lowest BCUT2D eigenvalue weighted by molar-refractivity contribution is -0.156. The van der Waals surface area contributed by atoms with Gasteiger partial charge in [0.2, 0.25) is 17.3 Å². The molecule has 0 aromatic carbocycles. The van der Waals surface area contributed by atoms with Gasteiger partial charge in [-0.3, -0.25) is 4.79 Å². The van der Waals surface area contributed by atoms with Gasteiger partial charge in [0.05, 0.1) is 29.5 Å². The van der Waals surface area contributed by atoms with E-state index in [2.05, 4.69) is 59.0 Å². The Bertz CT molecular complexity index is 3070. The lowest BCUT2D eigenvalue weighted by Gasteiger charge is -2.31. The third-order valence-electron chi connectivity index (χ3n) is 21.2. The van der Waals surface area contributed by atoms with Gasteiger partial charge in [0.25, 0.3) is 0 Å². The van der Waals surface area contributed by atoms with Crippen molar-refractivity contribution < 1.29 is 72.1 Å². The molecule has 7 heterocycles. The predicted octanol–water partition coefficient (Wildman–Crippen LogP) is 13.4. The van der Waals surface area contributed by atoms with Crippen LogP contribution >= 0.6 is 24.8 Å². The van der Waals surface area contributed by atoms with Gasteiger partial charge < -0.3 is 48.8 Å². The lowest BCUT2D eigenvalue weighted by Crippen LogP contribution is -2.41. The number of nitrogens with zero attached hydrogens (tertiary/aromatic N) is 8. The highest BCUT2D eigenvalue weighted by molar-refractivity contribution is 5.85. The summed E-state index contributed by atoms with van der Waals surface area (Å²) in [6.45, 7) is 15.5. The molecule has 9 fully saturated rings. The van der Waals surface area contributed by atoms with Crippen LogP contribution in [0.25, 0.3) is 0 Å². The van der Waals surface area contributed by atoms with Crippen molar-refractivity contribution in [2.24, 2.45) is 47.2 Å². The average Bonchev–Trinajstić information content (AvgIpc) is 1.56. The molecule has 17 nitrogen and oxygen atoms in total. The number of likely N-dealkylation sites (tertiary alicyclic amines) is 3. The van der Waals surface area contributed by atoms with Crippen molar-refractivity contribution in [2.45, 2.75) is 202 Å². The summed E-state index contributed by atoms with van der Waals surface area (Å²) in [6, 6.07) is 3.82. The first-order valence-electron chi connectivity index (χ1n) is 32.5. The second-order valence-corrected chi connectivity index (χ2v) is 29.0. The number of nitrogens with one attached hydrogen (secondary N) is 1. The van der Waals surface area contributed by atoms with Crippen LogP contribution in [-0.2, 0) is 44.3 Å². The Morgan fingerprint density at radius 1 is 0.576 bits per heavy atom. The first-order valence-corrected chi connectivity index (χ1v) is 32.5. The Morgan fingerprint density at radius 2 is 0.935 bits per heavy atom. The number of amides is 1. The van der Waals surface area contributed by atoms with Crippen LogP contribution in [0.1, 0.15) is 183 Å². The van der Waals surface area contributed by atoms with Crippen molar-refractivity contribution in [2.75, 3.05) is 65.5 Å². The molecule has 6 saturated carbocycles. The van der Waals surface area contributed by atoms with Gasteiger partial charge in [0, 0.05) is 92.2 Å². The Hall–Kier alpha value is -4.76. The van der Waals surface area contributed by atoms with E-state index < -0.39 is 41.4 Å². The molecule has 13 rings (SSSR count). The fraction of sp³-hybridized carbons (Fsp3) is 0.766. The van der Waals surface area contributed by atoms with E-state index in [1.54, 1.807) is 19.3 Å². The van der Waals surface area contributed by atoms with Crippen LogP contribution in [0.5, 0.6) is 5.75 Å². The quantitative estimate of drug-likeness (QED) is 0.0889. The monoisotopic (exact) mass is 1350 g/mol. The van der Waals surface area contributed by atoms with E-state index >= 15 is 0 Å². The van der Waals surface area contributed by atoms with E-state index in [1.807, 2.05) is 20.8 Å². The topological polar surface area (TPSA) is 204 Å². The van der Waals surface area contributed by atoms with E-state index in [9.17, 15) is 49.1 Å². The minimum atomic E-state index is -4.49. The van der Waals surface area contributed by atoms with Crippen molar-refractivity contribution in [3.63, 3.8) is 0 Å². The number of carbonyl (C=O) groups excluding carboxylic acids is 2. The second-order valence-electron chi connectivity index (χ2n) is 29.0.